The molecule has 0 spiro atoms. The van der Waals surface area contributed by atoms with Crippen LogP contribution in [0, 0.1) is 10.5 Å². The van der Waals surface area contributed by atoms with E-state index in [-0.39, 0.29) is 12.5 Å². The van der Waals surface area contributed by atoms with Crippen molar-refractivity contribution in [2.45, 2.75) is 6.92 Å². The molecule has 0 aliphatic heterocycles. The first-order chi connectivity index (χ1) is 12.3. The Morgan fingerprint density at radius 1 is 1.04 bits per heavy atom. The molecule has 136 valence electrons. The normalized spacial score (nSPS) is 10.1. The topological polar surface area (TPSA) is 75.7 Å². The predicted molar refractivity (Wildman–Crippen MR) is 107 cm³/mol. The van der Waals surface area contributed by atoms with Crippen LogP contribution in [0.1, 0.15) is 15.9 Å². The Hall–Kier alpha value is -2.42. The second kappa shape index (κ2) is 9.33. The van der Waals surface area contributed by atoms with Gasteiger partial charge in [0.1, 0.15) is 0 Å². The maximum Gasteiger partial charge on any atom is 0.338 e. The number of carbonyl (C=O) groups excluding carboxylic acids is 3. The summed E-state index contributed by atoms with van der Waals surface area (Å²) in [5.74, 6) is -1.36. The third kappa shape index (κ3) is 6.14. The summed E-state index contributed by atoms with van der Waals surface area (Å²) in [5.41, 5.74) is 2.12. The van der Waals surface area contributed by atoms with Crippen molar-refractivity contribution in [1.82, 2.24) is 4.90 Å². The lowest BCUT2D eigenvalue weighted by Crippen LogP contribution is -2.37. The van der Waals surface area contributed by atoms with Crippen molar-refractivity contribution in [3.63, 3.8) is 0 Å². The Morgan fingerprint density at radius 2 is 1.65 bits per heavy atom. The van der Waals surface area contributed by atoms with Crippen molar-refractivity contribution in [3.8, 4) is 0 Å². The van der Waals surface area contributed by atoms with Crippen LogP contribution in [0.4, 0.5) is 5.69 Å². The first-order valence-electron chi connectivity index (χ1n) is 7.88. The van der Waals surface area contributed by atoms with Crippen LogP contribution in [0.15, 0.2) is 48.5 Å². The molecule has 0 saturated carbocycles. The number of esters is 1. The Morgan fingerprint density at radius 3 is 2.27 bits per heavy atom. The molecule has 0 aliphatic carbocycles. The summed E-state index contributed by atoms with van der Waals surface area (Å²) in [5, 5.41) is 2.71. The fourth-order valence-corrected chi connectivity index (χ4v) is 2.41. The number of nitrogens with zero attached hydrogens (tertiary/aromatic N) is 1. The smallest absolute Gasteiger partial charge is 0.338 e. The number of hydrogen-bond donors (Lipinski definition) is 1. The fourth-order valence-electron chi connectivity index (χ4n) is 2.05. The van der Waals surface area contributed by atoms with Crippen LogP contribution in [0.25, 0.3) is 0 Å². The molecule has 26 heavy (non-hydrogen) atoms. The van der Waals surface area contributed by atoms with Crippen LogP contribution >= 0.6 is 22.6 Å². The molecule has 0 unspecified atom stereocenters. The van der Waals surface area contributed by atoms with Gasteiger partial charge in [0, 0.05) is 16.3 Å². The van der Waals surface area contributed by atoms with Crippen molar-refractivity contribution in [2.24, 2.45) is 0 Å². The van der Waals surface area contributed by atoms with Gasteiger partial charge in [0.15, 0.2) is 6.61 Å². The van der Waals surface area contributed by atoms with E-state index in [4.69, 9.17) is 4.74 Å². The Labute approximate surface area is 165 Å². The van der Waals surface area contributed by atoms with Crippen molar-refractivity contribution in [3.05, 3.63) is 63.2 Å². The summed E-state index contributed by atoms with van der Waals surface area (Å²) < 4.78 is 5.99. The number of hydrogen-bond acceptors (Lipinski definition) is 4. The van der Waals surface area contributed by atoms with Gasteiger partial charge in [0.25, 0.3) is 5.91 Å². The SMILES string of the molecule is Cc1ccc(NC(=O)CN(C)C(=O)COC(=O)c2ccc(I)cc2)cc1. The highest BCUT2D eigenvalue weighted by Gasteiger charge is 2.16. The summed E-state index contributed by atoms with van der Waals surface area (Å²) >= 11 is 2.13. The van der Waals surface area contributed by atoms with Gasteiger partial charge < -0.3 is 15.0 Å². The van der Waals surface area contributed by atoms with E-state index in [9.17, 15) is 14.4 Å². The summed E-state index contributed by atoms with van der Waals surface area (Å²) in [6, 6.07) is 14.2. The zero-order chi connectivity index (χ0) is 19.1. The molecular weight excluding hydrogens is 447 g/mol. The zero-order valence-electron chi connectivity index (χ0n) is 14.5. The minimum Gasteiger partial charge on any atom is -0.452 e. The second-order valence-corrected chi connectivity index (χ2v) is 6.99. The van der Waals surface area contributed by atoms with Crippen molar-refractivity contribution in [1.29, 1.82) is 0 Å². The number of benzene rings is 2. The van der Waals surface area contributed by atoms with Crippen molar-refractivity contribution < 1.29 is 19.1 Å². The maximum atomic E-state index is 12.0. The third-order valence-electron chi connectivity index (χ3n) is 3.55. The van der Waals surface area contributed by atoms with E-state index in [0.717, 1.165) is 9.13 Å². The van der Waals surface area contributed by atoms with Crippen LogP contribution in [0.2, 0.25) is 0 Å². The number of rotatable bonds is 6. The predicted octanol–water partition coefficient (Wildman–Crippen LogP) is 2.85. The molecule has 0 aromatic heterocycles. The summed E-state index contributed by atoms with van der Waals surface area (Å²) in [7, 11) is 1.48. The molecule has 0 atom stereocenters. The Balaban J connectivity index is 1.79. The molecule has 2 aromatic rings. The number of aryl methyl sites for hydroxylation is 1. The molecule has 7 heteroatoms. The number of likely N-dealkylation sites (N-methyl/N-ethyl adjacent to an activating group) is 1. The summed E-state index contributed by atoms with van der Waals surface area (Å²) in [4.78, 5) is 37.1. The highest BCUT2D eigenvalue weighted by Crippen LogP contribution is 2.09. The van der Waals surface area contributed by atoms with E-state index in [1.807, 2.05) is 19.1 Å². The van der Waals surface area contributed by atoms with Crippen LogP contribution in [0.5, 0.6) is 0 Å². The molecular formula is C19H19IN2O4. The molecule has 0 saturated heterocycles. The van der Waals surface area contributed by atoms with E-state index in [0.29, 0.717) is 11.3 Å². The van der Waals surface area contributed by atoms with Crippen LogP contribution in [-0.2, 0) is 14.3 Å². The van der Waals surface area contributed by atoms with Gasteiger partial charge in [-0.25, -0.2) is 4.79 Å². The lowest BCUT2D eigenvalue weighted by atomic mass is 10.2. The van der Waals surface area contributed by atoms with Gasteiger partial charge in [-0.1, -0.05) is 17.7 Å². The molecule has 6 nitrogen and oxygen atoms in total. The van der Waals surface area contributed by atoms with Gasteiger partial charge >= 0.3 is 5.97 Å². The fraction of sp³-hybridized carbons (Fsp3) is 0.211. The van der Waals surface area contributed by atoms with Crippen LogP contribution < -0.4 is 5.32 Å². The lowest BCUT2D eigenvalue weighted by Gasteiger charge is -2.17. The van der Waals surface area contributed by atoms with E-state index in [2.05, 4.69) is 27.9 Å². The largest absolute Gasteiger partial charge is 0.452 e. The van der Waals surface area contributed by atoms with Crippen LogP contribution in [-0.4, -0.2) is 42.9 Å². The minimum atomic E-state index is -0.577. The van der Waals surface area contributed by atoms with Crippen LogP contribution in [0.3, 0.4) is 0 Å². The highest BCUT2D eigenvalue weighted by molar-refractivity contribution is 14.1. The van der Waals surface area contributed by atoms with Crippen molar-refractivity contribution in [2.75, 3.05) is 25.5 Å². The number of nitrogens with one attached hydrogen (secondary N) is 1. The molecule has 2 aromatic carbocycles. The Kier molecular flexibility index (Phi) is 7.14. The maximum absolute atomic E-state index is 12.0. The van der Waals surface area contributed by atoms with Gasteiger partial charge in [0.05, 0.1) is 12.1 Å². The quantitative estimate of drug-likeness (QED) is 0.525. The number of anilines is 1. The lowest BCUT2D eigenvalue weighted by molar-refractivity contribution is -0.136. The molecule has 2 amide bonds. The van der Waals surface area contributed by atoms with E-state index >= 15 is 0 Å². The van der Waals surface area contributed by atoms with Gasteiger partial charge in [-0.2, -0.15) is 0 Å². The molecule has 2 rings (SSSR count). The molecule has 0 radical (unpaired) electrons. The Bertz CT molecular complexity index is 788. The monoisotopic (exact) mass is 466 g/mol. The van der Waals surface area contributed by atoms with E-state index < -0.39 is 18.5 Å². The average Bonchev–Trinajstić information content (AvgIpc) is 2.61. The van der Waals surface area contributed by atoms with Gasteiger partial charge in [0.2, 0.25) is 5.91 Å². The highest BCUT2D eigenvalue weighted by atomic mass is 127. The summed E-state index contributed by atoms with van der Waals surface area (Å²) in [6.45, 7) is 1.41. The molecule has 0 bridgehead atoms. The first-order valence-corrected chi connectivity index (χ1v) is 8.96. The van der Waals surface area contributed by atoms with E-state index in [1.165, 1.54) is 11.9 Å². The van der Waals surface area contributed by atoms with Gasteiger partial charge in [-0.05, 0) is 65.9 Å². The van der Waals surface area contributed by atoms with E-state index in [1.54, 1.807) is 36.4 Å². The number of carbonyl (C=O) groups is 3. The molecule has 0 heterocycles. The average molecular weight is 466 g/mol. The van der Waals surface area contributed by atoms with Gasteiger partial charge in [-0.3, -0.25) is 9.59 Å². The molecule has 0 aliphatic rings. The number of amides is 2. The second-order valence-electron chi connectivity index (χ2n) is 5.75. The number of ether oxygens (including phenoxy) is 1. The zero-order valence-corrected chi connectivity index (χ0v) is 16.6. The summed E-state index contributed by atoms with van der Waals surface area (Å²) in [6.07, 6.45) is 0. The third-order valence-corrected chi connectivity index (χ3v) is 4.27. The van der Waals surface area contributed by atoms with Gasteiger partial charge in [-0.15, -0.1) is 0 Å². The first kappa shape index (κ1) is 19.9. The van der Waals surface area contributed by atoms with Crippen molar-refractivity contribution >= 4 is 46.1 Å². The molecule has 1 N–H and O–H groups in total. The standard InChI is InChI=1S/C19H19IN2O4/c1-13-3-9-16(10-4-13)21-17(23)11-22(2)18(24)12-26-19(25)14-5-7-15(20)8-6-14/h3-10H,11-12H2,1-2H3,(H,21,23). The molecule has 0 fully saturated rings. The minimum absolute atomic E-state index is 0.131. The number of halogens is 1.